The largest absolute Gasteiger partial charge is 0.475 e. The molecule has 0 spiro atoms. The highest BCUT2D eigenvalue weighted by Crippen LogP contribution is 2.16. The fraction of sp³-hybridized carbons (Fsp3) is 0.333. The van der Waals surface area contributed by atoms with Crippen LogP contribution in [-0.2, 0) is 9.59 Å². The van der Waals surface area contributed by atoms with Crippen molar-refractivity contribution in [1.29, 1.82) is 0 Å². The van der Waals surface area contributed by atoms with Gasteiger partial charge in [-0.1, -0.05) is 17.7 Å². The second-order valence-electron chi connectivity index (χ2n) is 2.82. The topological polar surface area (TPSA) is 54.4 Å². The highest BCUT2D eigenvalue weighted by Gasteiger charge is 2.17. The lowest BCUT2D eigenvalue weighted by atomic mass is 9.98. The number of aliphatic carboxylic acids is 1. The summed E-state index contributed by atoms with van der Waals surface area (Å²) in [4.78, 5) is 21.2. The predicted molar refractivity (Wildman–Crippen MR) is 43.7 cm³/mol. The summed E-state index contributed by atoms with van der Waals surface area (Å²) < 4.78 is 0. The smallest absolute Gasteiger partial charge is 0.377 e. The van der Waals surface area contributed by atoms with Crippen molar-refractivity contribution in [2.75, 3.05) is 0 Å². The van der Waals surface area contributed by atoms with E-state index in [-0.39, 0.29) is 0 Å². The summed E-state index contributed by atoms with van der Waals surface area (Å²) in [6.45, 7) is 1.89. The van der Waals surface area contributed by atoms with E-state index in [1.165, 1.54) is 0 Å². The zero-order valence-corrected chi connectivity index (χ0v) is 6.83. The molecule has 12 heavy (non-hydrogen) atoms. The minimum Gasteiger partial charge on any atom is -0.475 e. The molecule has 1 aliphatic carbocycles. The molecule has 0 aromatic heterocycles. The highest BCUT2D eigenvalue weighted by molar-refractivity contribution is 6.40. The number of rotatable bonds is 2. The van der Waals surface area contributed by atoms with Crippen molar-refractivity contribution >= 4 is 11.8 Å². The van der Waals surface area contributed by atoms with Crippen molar-refractivity contribution in [3.05, 3.63) is 23.3 Å². The van der Waals surface area contributed by atoms with Gasteiger partial charge in [0.25, 0.3) is 5.78 Å². The zero-order chi connectivity index (χ0) is 9.14. The molecular formula is C9H10O3. The number of carbonyl (C=O) groups excluding carboxylic acids is 1. The van der Waals surface area contributed by atoms with Crippen LogP contribution in [0.15, 0.2) is 23.3 Å². The minimum absolute atomic E-state index is 0.311. The van der Waals surface area contributed by atoms with E-state index in [0.29, 0.717) is 5.57 Å². The van der Waals surface area contributed by atoms with Crippen LogP contribution >= 0.6 is 0 Å². The summed E-state index contributed by atoms with van der Waals surface area (Å²) in [6.07, 6.45) is 4.98. The summed E-state index contributed by atoms with van der Waals surface area (Å²) >= 11 is 0. The van der Waals surface area contributed by atoms with E-state index in [2.05, 4.69) is 0 Å². The molecule has 0 aromatic carbocycles. The summed E-state index contributed by atoms with van der Waals surface area (Å²) in [7, 11) is 0. The molecule has 0 unspecified atom stereocenters. The summed E-state index contributed by atoms with van der Waals surface area (Å²) in [5.41, 5.74) is 1.37. The Hall–Kier alpha value is -1.38. The Morgan fingerprint density at radius 1 is 1.50 bits per heavy atom. The van der Waals surface area contributed by atoms with Crippen LogP contribution in [0.2, 0.25) is 0 Å². The van der Waals surface area contributed by atoms with E-state index in [1.54, 1.807) is 12.2 Å². The van der Waals surface area contributed by atoms with Crippen LogP contribution < -0.4 is 0 Å². The maximum atomic E-state index is 10.9. The predicted octanol–water partition coefficient (Wildman–Crippen LogP) is 1.31. The molecule has 0 aliphatic heterocycles. The first-order valence-electron chi connectivity index (χ1n) is 3.76. The molecule has 0 heterocycles. The van der Waals surface area contributed by atoms with Crippen LogP contribution in [0.1, 0.15) is 19.8 Å². The quantitative estimate of drug-likeness (QED) is 0.629. The van der Waals surface area contributed by atoms with Gasteiger partial charge in [0.2, 0.25) is 0 Å². The average Bonchev–Trinajstić information content (AvgIpc) is 2.03. The fourth-order valence-electron chi connectivity index (χ4n) is 1.13. The molecule has 3 nitrogen and oxygen atoms in total. The number of carbonyl (C=O) groups is 2. The monoisotopic (exact) mass is 166 g/mol. The second-order valence-corrected chi connectivity index (χ2v) is 2.82. The van der Waals surface area contributed by atoms with Gasteiger partial charge in [0.15, 0.2) is 0 Å². The lowest BCUT2D eigenvalue weighted by molar-refractivity contribution is -0.147. The van der Waals surface area contributed by atoms with E-state index >= 15 is 0 Å². The molecule has 0 aromatic rings. The van der Waals surface area contributed by atoms with Gasteiger partial charge in [-0.15, -0.1) is 0 Å². The first-order chi connectivity index (χ1) is 5.61. The Labute approximate surface area is 70.4 Å². The van der Waals surface area contributed by atoms with Crippen LogP contribution in [0.3, 0.4) is 0 Å². The molecule has 0 atom stereocenters. The third-order valence-corrected chi connectivity index (χ3v) is 1.76. The van der Waals surface area contributed by atoms with Crippen molar-refractivity contribution in [3.63, 3.8) is 0 Å². The van der Waals surface area contributed by atoms with Gasteiger partial charge in [0.1, 0.15) is 0 Å². The van der Waals surface area contributed by atoms with Crippen molar-refractivity contribution in [3.8, 4) is 0 Å². The fourth-order valence-corrected chi connectivity index (χ4v) is 1.13. The van der Waals surface area contributed by atoms with Crippen LogP contribution in [-0.4, -0.2) is 16.9 Å². The highest BCUT2D eigenvalue weighted by atomic mass is 16.4. The van der Waals surface area contributed by atoms with Gasteiger partial charge in [-0.2, -0.15) is 0 Å². The number of carboxylic acids is 1. The second kappa shape index (κ2) is 3.34. The zero-order valence-electron chi connectivity index (χ0n) is 6.83. The summed E-state index contributed by atoms with van der Waals surface area (Å²) in [6, 6.07) is 0. The number of carboxylic acid groups (broad SMARTS) is 1. The third kappa shape index (κ3) is 1.81. The molecule has 0 amide bonds. The van der Waals surface area contributed by atoms with Gasteiger partial charge in [0, 0.05) is 5.57 Å². The number of allylic oxidation sites excluding steroid dienone is 3. The van der Waals surface area contributed by atoms with Crippen molar-refractivity contribution < 1.29 is 14.7 Å². The van der Waals surface area contributed by atoms with Crippen LogP contribution in [0.5, 0.6) is 0 Å². The maximum absolute atomic E-state index is 10.9. The van der Waals surface area contributed by atoms with Gasteiger partial charge >= 0.3 is 5.97 Å². The van der Waals surface area contributed by atoms with Crippen molar-refractivity contribution in [2.45, 2.75) is 19.8 Å². The molecule has 1 aliphatic rings. The Morgan fingerprint density at radius 2 is 2.17 bits per heavy atom. The number of Topliss-reactive ketones (excluding diaryl/α,β-unsaturated/α-hetero) is 1. The molecule has 0 saturated heterocycles. The van der Waals surface area contributed by atoms with Crippen molar-refractivity contribution in [1.82, 2.24) is 0 Å². The molecule has 0 radical (unpaired) electrons. The molecule has 1 rings (SSSR count). The van der Waals surface area contributed by atoms with E-state index in [4.69, 9.17) is 5.11 Å². The maximum Gasteiger partial charge on any atom is 0.377 e. The SMILES string of the molecule is CC1=CC(C(=O)C(=O)O)=CCC1. The molecule has 0 saturated carbocycles. The van der Waals surface area contributed by atoms with Gasteiger partial charge in [-0.3, -0.25) is 4.79 Å². The molecule has 0 bridgehead atoms. The Kier molecular flexibility index (Phi) is 2.43. The van der Waals surface area contributed by atoms with Gasteiger partial charge in [-0.25, -0.2) is 4.79 Å². The number of ketones is 1. The number of hydrogen-bond donors (Lipinski definition) is 1. The summed E-state index contributed by atoms with van der Waals surface area (Å²) in [5, 5.41) is 8.40. The Morgan fingerprint density at radius 3 is 2.67 bits per heavy atom. The lowest BCUT2D eigenvalue weighted by Gasteiger charge is -2.06. The summed E-state index contributed by atoms with van der Waals surface area (Å²) in [5.74, 6) is -2.19. The number of hydrogen-bond acceptors (Lipinski definition) is 2. The lowest BCUT2D eigenvalue weighted by Crippen LogP contribution is -2.15. The van der Waals surface area contributed by atoms with Crippen LogP contribution in [0.25, 0.3) is 0 Å². The normalized spacial score (nSPS) is 16.4. The van der Waals surface area contributed by atoms with E-state index in [1.807, 2.05) is 6.92 Å². The molecule has 0 fully saturated rings. The molecule has 1 N–H and O–H groups in total. The molecule has 64 valence electrons. The van der Waals surface area contributed by atoms with Crippen LogP contribution in [0, 0.1) is 0 Å². The third-order valence-electron chi connectivity index (χ3n) is 1.76. The molecule has 3 heteroatoms. The Balaban J connectivity index is 2.83. The molecular weight excluding hydrogens is 156 g/mol. The Bertz CT molecular complexity index is 284. The average molecular weight is 166 g/mol. The van der Waals surface area contributed by atoms with Gasteiger partial charge in [0.05, 0.1) is 0 Å². The van der Waals surface area contributed by atoms with E-state index < -0.39 is 11.8 Å². The van der Waals surface area contributed by atoms with E-state index in [9.17, 15) is 9.59 Å². The first-order valence-corrected chi connectivity index (χ1v) is 3.76. The van der Waals surface area contributed by atoms with Crippen molar-refractivity contribution in [2.24, 2.45) is 0 Å². The van der Waals surface area contributed by atoms with Gasteiger partial charge in [-0.05, 0) is 19.8 Å². The van der Waals surface area contributed by atoms with Gasteiger partial charge < -0.3 is 5.11 Å². The van der Waals surface area contributed by atoms with E-state index in [0.717, 1.165) is 18.4 Å². The first kappa shape index (κ1) is 8.71. The minimum atomic E-state index is -1.38. The van der Waals surface area contributed by atoms with Crippen LogP contribution in [0.4, 0.5) is 0 Å². The standard InChI is InChI=1S/C9H10O3/c1-6-3-2-4-7(5-6)8(10)9(11)12/h4-5H,2-3H2,1H3,(H,11,12).